The molecule has 1 heterocycles. The fraction of sp³-hybridized carbons (Fsp3) is 0.400. The van der Waals surface area contributed by atoms with Crippen LogP contribution in [0.1, 0.15) is 35.8 Å². The summed E-state index contributed by atoms with van der Waals surface area (Å²) in [5, 5.41) is 8.57. The first-order valence-electron chi connectivity index (χ1n) is 7.26. The molecule has 3 rings (SSSR count). The van der Waals surface area contributed by atoms with Gasteiger partial charge in [-0.15, -0.1) is 0 Å². The van der Waals surface area contributed by atoms with E-state index >= 15 is 0 Å². The third-order valence-corrected chi connectivity index (χ3v) is 5.01. The van der Waals surface area contributed by atoms with Gasteiger partial charge in [0, 0.05) is 24.1 Å². The zero-order chi connectivity index (χ0) is 15.9. The molecule has 22 heavy (non-hydrogen) atoms. The maximum atomic E-state index is 11.5. The number of rotatable bonds is 5. The van der Waals surface area contributed by atoms with Crippen LogP contribution in [0.3, 0.4) is 0 Å². The van der Waals surface area contributed by atoms with E-state index in [0.29, 0.717) is 18.2 Å². The number of primary sulfonamides is 1. The molecular weight excluding hydrogens is 300 g/mol. The van der Waals surface area contributed by atoms with Crippen molar-refractivity contribution in [1.29, 1.82) is 0 Å². The molecule has 6 nitrogen and oxygen atoms in total. The molecule has 2 aromatic rings. The van der Waals surface area contributed by atoms with E-state index in [9.17, 15) is 8.42 Å². The van der Waals surface area contributed by atoms with Crippen LogP contribution in [0.15, 0.2) is 29.4 Å². The van der Waals surface area contributed by atoms with Gasteiger partial charge < -0.3 is 9.88 Å². The summed E-state index contributed by atoms with van der Waals surface area (Å²) in [6.07, 6.45) is 6.25. The van der Waals surface area contributed by atoms with E-state index in [0.717, 1.165) is 17.1 Å². The van der Waals surface area contributed by atoms with Crippen LogP contribution >= 0.6 is 0 Å². The molecule has 0 saturated heterocycles. The van der Waals surface area contributed by atoms with Gasteiger partial charge in [0.15, 0.2) is 0 Å². The smallest absolute Gasteiger partial charge is 0.238 e. The largest absolute Gasteiger partial charge is 0.378 e. The molecule has 1 aliphatic rings. The number of hydrogen-bond donors (Lipinski definition) is 2. The number of nitrogens with zero attached hydrogens (tertiary/aromatic N) is 2. The Labute approximate surface area is 130 Å². The van der Waals surface area contributed by atoms with Crippen molar-refractivity contribution in [3.05, 3.63) is 41.5 Å². The third-order valence-electron chi connectivity index (χ3n) is 3.95. The van der Waals surface area contributed by atoms with Crippen molar-refractivity contribution < 1.29 is 8.42 Å². The minimum absolute atomic E-state index is 0.176. The quantitative estimate of drug-likeness (QED) is 0.882. The van der Waals surface area contributed by atoms with Crippen LogP contribution in [0.5, 0.6) is 0 Å². The molecule has 1 aromatic carbocycles. The van der Waals surface area contributed by atoms with Crippen LogP contribution < -0.4 is 10.5 Å². The minimum Gasteiger partial charge on any atom is -0.378 e. The fourth-order valence-electron chi connectivity index (χ4n) is 2.63. The Morgan fingerprint density at radius 2 is 2.05 bits per heavy atom. The normalized spacial score (nSPS) is 15.0. The number of aromatic nitrogens is 2. The second kappa shape index (κ2) is 5.40. The van der Waals surface area contributed by atoms with Gasteiger partial charge in [-0.1, -0.05) is 0 Å². The molecule has 7 heteroatoms. The number of hydrogen-bond acceptors (Lipinski definition) is 4. The number of sulfonamides is 1. The first kappa shape index (κ1) is 15.1. The number of nitrogens with two attached hydrogens (primary N) is 1. The summed E-state index contributed by atoms with van der Waals surface area (Å²) in [6.45, 7) is 4.22. The van der Waals surface area contributed by atoms with Crippen molar-refractivity contribution in [2.75, 3.05) is 5.32 Å². The van der Waals surface area contributed by atoms with Gasteiger partial charge in [0.1, 0.15) is 5.82 Å². The van der Waals surface area contributed by atoms with Crippen LogP contribution in [-0.2, 0) is 16.6 Å². The molecule has 0 aliphatic heterocycles. The van der Waals surface area contributed by atoms with E-state index in [-0.39, 0.29) is 4.90 Å². The molecule has 0 bridgehead atoms. The van der Waals surface area contributed by atoms with E-state index in [1.807, 2.05) is 25.4 Å². The number of imidazole rings is 1. The summed E-state index contributed by atoms with van der Waals surface area (Å²) < 4.78 is 25.3. The summed E-state index contributed by atoms with van der Waals surface area (Å²) in [5.41, 5.74) is 2.38. The topological polar surface area (TPSA) is 90.0 Å². The molecule has 1 fully saturated rings. The van der Waals surface area contributed by atoms with Crippen molar-refractivity contribution in [2.24, 2.45) is 5.14 Å². The Kier molecular flexibility index (Phi) is 3.70. The van der Waals surface area contributed by atoms with E-state index < -0.39 is 10.0 Å². The van der Waals surface area contributed by atoms with Gasteiger partial charge in [-0.3, -0.25) is 0 Å². The molecule has 0 radical (unpaired) electrons. The fourth-order valence-corrected chi connectivity index (χ4v) is 3.48. The molecule has 3 N–H and O–H groups in total. The van der Waals surface area contributed by atoms with E-state index in [2.05, 4.69) is 14.9 Å². The second-order valence-corrected chi connectivity index (χ2v) is 7.34. The van der Waals surface area contributed by atoms with Gasteiger partial charge in [-0.25, -0.2) is 18.5 Å². The summed E-state index contributed by atoms with van der Waals surface area (Å²) in [7, 11) is -3.68. The monoisotopic (exact) mass is 320 g/mol. The van der Waals surface area contributed by atoms with E-state index in [4.69, 9.17) is 5.14 Å². The van der Waals surface area contributed by atoms with Crippen LogP contribution in [0.4, 0.5) is 5.69 Å². The van der Waals surface area contributed by atoms with Gasteiger partial charge in [0.05, 0.1) is 11.4 Å². The highest BCUT2D eigenvalue weighted by atomic mass is 32.2. The first-order chi connectivity index (χ1) is 10.4. The molecule has 0 unspecified atom stereocenters. The Morgan fingerprint density at radius 1 is 1.32 bits per heavy atom. The lowest BCUT2D eigenvalue weighted by atomic mass is 10.1. The third kappa shape index (κ3) is 3.00. The summed E-state index contributed by atoms with van der Waals surface area (Å²) in [5.74, 6) is 0.995. The van der Waals surface area contributed by atoms with Crippen molar-refractivity contribution in [1.82, 2.24) is 9.55 Å². The predicted molar refractivity (Wildman–Crippen MR) is 85.1 cm³/mol. The second-order valence-electron chi connectivity index (χ2n) is 5.81. The standard InChI is InChI=1S/C15H20N4O2S/c1-10-8-14(22(16,20)21)11(2)7-13(10)18-9-15-17-5-6-19(15)12-3-4-12/h5-8,12,18H,3-4,9H2,1-2H3,(H2,16,20,21). The van der Waals surface area contributed by atoms with Crippen molar-refractivity contribution >= 4 is 15.7 Å². The molecule has 1 saturated carbocycles. The lowest BCUT2D eigenvalue weighted by Gasteiger charge is -2.14. The Hall–Kier alpha value is -1.86. The van der Waals surface area contributed by atoms with Gasteiger partial charge in [-0.05, 0) is 49.9 Å². The maximum Gasteiger partial charge on any atom is 0.238 e. The number of benzene rings is 1. The summed E-state index contributed by atoms with van der Waals surface area (Å²) >= 11 is 0. The maximum absolute atomic E-state index is 11.5. The van der Waals surface area contributed by atoms with Crippen LogP contribution in [-0.4, -0.2) is 18.0 Å². The highest BCUT2D eigenvalue weighted by Gasteiger charge is 2.25. The Balaban J connectivity index is 1.81. The summed E-state index contributed by atoms with van der Waals surface area (Å²) in [6, 6.07) is 4.02. The molecule has 0 amide bonds. The number of anilines is 1. The Morgan fingerprint density at radius 3 is 2.68 bits per heavy atom. The lowest BCUT2D eigenvalue weighted by molar-refractivity contribution is 0.597. The van der Waals surface area contributed by atoms with Crippen molar-refractivity contribution in [2.45, 2.75) is 44.2 Å². The van der Waals surface area contributed by atoms with E-state index in [1.54, 1.807) is 13.0 Å². The predicted octanol–water partition coefficient (Wildman–Crippen LogP) is 2.09. The average Bonchev–Trinajstić information content (AvgIpc) is 3.17. The van der Waals surface area contributed by atoms with Gasteiger partial charge in [0.2, 0.25) is 10.0 Å². The van der Waals surface area contributed by atoms with Gasteiger partial charge >= 0.3 is 0 Å². The Bertz CT molecular complexity index is 807. The molecular formula is C15H20N4O2S. The number of aryl methyl sites for hydroxylation is 2. The molecule has 1 aliphatic carbocycles. The molecule has 118 valence electrons. The highest BCUT2D eigenvalue weighted by Crippen LogP contribution is 2.35. The van der Waals surface area contributed by atoms with Crippen molar-refractivity contribution in [3.63, 3.8) is 0 Å². The molecule has 0 spiro atoms. The zero-order valence-electron chi connectivity index (χ0n) is 12.7. The highest BCUT2D eigenvalue weighted by molar-refractivity contribution is 7.89. The zero-order valence-corrected chi connectivity index (χ0v) is 13.5. The first-order valence-corrected chi connectivity index (χ1v) is 8.80. The van der Waals surface area contributed by atoms with Crippen LogP contribution in [0, 0.1) is 13.8 Å². The van der Waals surface area contributed by atoms with E-state index in [1.165, 1.54) is 12.8 Å². The SMILES string of the molecule is Cc1cc(S(N)(=O)=O)c(C)cc1NCc1nccn1C1CC1. The average molecular weight is 320 g/mol. The van der Waals surface area contributed by atoms with Crippen LogP contribution in [0.2, 0.25) is 0 Å². The van der Waals surface area contributed by atoms with Gasteiger partial charge in [0.25, 0.3) is 0 Å². The minimum atomic E-state index is -3.68. The molecule has 1 aromatic heterocycles. The number of nitrogens with one attached hydrogen (secondary N) is 1. The van der Waals surface area contributed by atoms with Gasteiger partial charge in [-0.2, -0.15) is 0 Å². The van der Waals surface area contributed by atoms with Crippen molar-refractivity contribution in [3.8, 4) is 0 Å². The molecule has 0 atom stereocenters. The van der Waals surface area contributed by atoms with Crippen LogP contribution in [0.25, 0.3) is 0 Å². The lowest BCUT2D eigenvalue weighted by Crippen LogP contribution is -2.15. The summed E-state index contributed by atoms with van der Waals surface area (Å²) in [4.78, 5) is 4.56.